The van der Waals surface area contributed by atoms with E-state index in [0.29, 0.717) is 11.3 Å². The molecule has 1 aromatic heterocycles. The molecule has 0 aliphatic rings. The Morgan fingerprint density at radius 2 is 2.46 bits per heavy atom. The molecule has 7 nitrogen and oxygen atoms in total. The molecular weight excluding hydrogens is 242 g/mol. The van der Waals surface area contributed by atoms with Gasteiger partial charge in [-0.2, -0.15) is 4.68 Å². The van der Waals surface area contributed by atoms with E-state index in [4.69, 9.17) is 5.73 Å². The second-order valence-electron chi connectivity index (χ2n) is 2.60. The highest BCUT2D eigenvalue weighted by Crippen LogP contribution is 2.11. The molecular formula is C5H8BrN5O2. The first-order valence-corrected chi connectivity index (χ1v) is 4.30. The van der Waals surface area contributed by atoms with E-state index in [1.165, 1.54) is 4.68 Å². The van der Waals surface area contributed by atoms with E-state index < -0.39 is 10.9 Å². The normalized spacial score (nSPS) is 12.8. The van der Waals surface area contributed by atoms with Crippen molar-refractivity contribution in [3.05, 3.63) is 14.8 Å². The summed E-state index contributed by atoms with van der Waals surface area (Å²) in [7, 11) is 0. The molecule has 1 atom stereocenters. The average Bonchev–Trinajstić information content (AvgIpc) is 2.31. The molecule has 0 radical (unpaired) electrons. The van der Waals surface area contributed by atoms with Gasteiger partial charge < -0.3 is 15.8 Å². The summed E-state index contributed by atoms with van der Waals surface area (Å²) in [4.78, 5) is 13.2. The molecule has 0 saturated heterocycles. The van der Waals surface area contributed by atoms with Crippen molar-refractivity contribution in [1.82, 2.24) is 14.8 Å². The molecule has 0 spiro atoms. The first-order valence-electron chi connectivity index (χ1n) is 3.51. The van der Waals surface area contributed by atoms with Crippen LogP contribution in [-0.2, 0) is 6.54 Å². The molecule has 0 aliphatic heterocycles. The van der Waals surface area contributed by atoms with Gasteiger partial charge in [0, 0.05) is 27.1 Å². The molecule has 0 amide bonds. The Bertz CT molecular complexity index is 323. The van der Waals surface area contributed by atoms with Crippen LogP contribution >= 0.6 is 15.9 Å². The third-order valence-corrected chi connectivity index (χ3v) is 1.83. The van der Waals surface area contributed by atoms with Crippen LogP contribution in [0.1, 0.15) is 6.92 Å². The van der Waals surface area contributed by atoms with Gasteiger partial charge in [-0.25, -0.2) is 0 Å². The summed E-state index contributed by atoms with van der Waals surface area (Å²) >= 11 is 3.04. The first-order chi connectivity index (χ1) is 6.00. The van der Waals surface area contributed by atoms with E-state index in [9.17, 15) is 10.1 Å². The van der Waals surface area contributed by atoms with Gasteiger partial charge in [0.05, 0.1) is 6.54 Å². The molecule has 2 N–H and O–H groups in total. The highest BCUT2D eigenvalue weighted by molar-refractivity contribution is 9.10. The second-order valence-corrected chi connectivity index (χ2v) is 3.31. The van der Waals surface area contributed by atoms with Gasteiger partial charge in [-0.1, -0.05) is 0 Å². The van der Waals surface area contributed by atoms with E-state index in [-0.39, 0.29) is 6.04 Å². The lowest BCUT2D eigenvalue weighted by Gasteiger charge is -2.00. The molecule has 1 unspecified atom stereocenters. The van der Waals surface area contributed by atoms with Crippen molar-refractivity contribution in [2.75, 3.05) is 0 Å². The Morgan fingerprint density at radius 1 is 1.85 bits per heavy atom. The number of nitro groups is 1. The lowest BCUT2D eigenvalue weighted by atomic mass is 10.4. The Kier molecular flexibility index (Phi) is 2.94. The minimum Gasteiger partial charge on any atom is -0.390 e. The quantitative estimate of drug-likeness (QED) is 0.614. The Hall–Kier alpha value is -1.02. The van der Waals surface area contributed by atoms with Gasteiger partial charge in [0.2, 0.25) is 0 Å². The summed E-state index contributed by atoms with van der Waals surface area (Å²) in [5.41, 5.74) is 5.50. The third kappa shape index (κ3) is 2.46. The van der Waals surface area contributed by atoms with Gasteiger partial charge in [-0.15, -0.1) is 0 Å². The van der Waals surface area contributed by atoms with Crippen LogP contribution in [0.25, 0.3) is 0 Å². The fraction of sp³-hybridized carbons (Fsp3) is 0.600. The predicted molar refractivity (Wildman–Crippen MR) is 48.0 cm³/mol. The van der Waals surface area contributed by atoms with Gasteiger partial charge in [0.25, 0.3) is 4.73 Å². The molecule has 1 rings (SSSR count). The predicted octanol–water partition coefficient (Wildman–Crippen LogP) is 0.296. The van der Waals surface area contributed by atoms with Gasteiger partial charge >= 0.3 is 5.95 Å². The SMILES string of the molecule is CC(N)Cn1nc([N+](=O)[O-])nc1Br. The van der Waals surface area contributed by atoms with E-state index in [2.05, 4.69) is 26.0 Å². The zero-order valence-corrected chi connectivity index (χ0v) is 8.43. The van der Waals surface area contributed by atoms with Crippen molar-refractivity contribution >= 4 is 21.9 Å². The summed E-state index contributed by atoms with van der Waals surface area (Å²) < 4.78 is 1.67. The highest BCUT2D eigenvalue weighted by Gasteiger charge is 2.19. The molecule has 0 aliphatic carbocycles. The Balaban J connectivity index is 2.90. The standard InChI is InChI=1S/C5H8BrN5O2/c1-3(7)2-10-4(6)8-5(9-10)11(12)13/h3H,2,7H2,1H3. The average molecular weight is 250 g/mol. The molecule has 0 aromatic carbocycles. The Labute approximate surface area is 82.2 Å². The smallest absolute Gasteiger partial charge is 0.390 e. The minimum atomic E-state index is -0.650. The third-order valence-electron chi connectivity index (χ3n) is 1.24. The summed E-state index contributed by atoms with van der Waals surface area (Å²) in [6.07, 6.45) is 0. The summed E-state index contributed by atoms with van der Waals surface area (Å²) in [5, 5.41) is 13.9. The molecule has 13 heavy (non-hydrogen) atoms. The van der Waals surface area contributed by atoms with Crippen LogP contribution in [0.4, 0.5) is 5.95 Å². The van der Waals surface area contributed by atoms with Gasteiger partial charge in [-0.05, 0) is 16.8 Å². The van der Waals surface area contributed by atoms with Crippen LogP contribution in [0, 0.1) is 10.1 Å². The summed E-state index contributed by atoms with van der Waals surface area (Å²) in [5.74, 6) is -0.424. The molecule has 0 bridgehead atoms. The van der Waals surface area contributed by atoms with Gasteiger partial charge in [-0.3, -0.25) is 0 Å². The fourth-order valence-electron chi connectivity index (χ4n) is 0.778. The van der Waals surface area contributed by atoms with Crippen molar-refractivity contribution < 1.29 is 4.92 Å². The second kappa shape index (κ2) is 3.79. The van der Waals surface area contributed by atoms with Gasteiger partial charge in [0.15, 0.2) is 0 Å². The number of nitrogens with zero attached hydrogens (tertiary/aromatic N) is 4. The van der Waals surface area contributed by atoms with E-state index in [1.54, 1.807) is 6.92 Å². The molecule has 0 saturated carbocycles. The number of hydrogen-bond donors (Lipinski definition) is 1. The molecule has 1 aromatic rings. The van der Waals surface area contributed by atoms with Crippen molar-refractivity contribution in [2.45, 2.75) is 19.5 Å². The number of halogens is 1. The van der Waals surface area contributed by atoms with Crippen molar-refractivity contribution in [3.8, 4) is 0 Å². The maximum Gasteiger partial charge on any atom is 0.492 e. The van der Waals surface area contributed by atoms with Gasteiger partial charge in [0.1, 0.15) is 0 Å². The van der Waals surface area contributed by atoms with Crippen LogP contribution in [-0.4, -0.2) is 25.7 Å². The molecule has 1 heterocycles. The van der Waals surface area contributed by atoms with Crippen LogP contribution < -0.4 is 5.73 Å². The van der Waals surface area contributed by atoms with E-state index in [1.807, 2.05) is 0 Å². The number of hydrogen-bond acceptors (Lipinski definition) is 5. The Morgan fingerprint density at radius 3 is 2.85 bits per heavy atom. The van der Waals surface area contributed by atoms with Crippen LogP contribution in [0.3, 0.4) is 0 Å². The molecule has 72 valence electrons. The fourth-order valence-corrected chi connectivity index (χ4v) is 1.16. The first kappa shape index (κ1) is 10.1. The minimum absolute atomic E-state index is 0.127. The van der Waals surface area contributed by atoms with E-state index in [0.717, 1.165) is 0 Å². The summed E-state index contributed by atoms with van der Waals surface area (Å²) in [6.45, 7) is 2.17. The van der Waals surface area contributed by atoms with Crippen molar-refractivity contribution in [3.63, 3.8) is 0 Å². The van der Waals surface area contributed by atoms with Crippen LogP contribution in [0.5, 0.6) is 0 Å². The highest BCUT2D eigenvalue weighted by atomic mass is 79.9. The molecule has 0 fully saturated rings. The van der Waals surface area contributed by atoms with E-state index >= 15 is 0 Å². The van der Waals surface area contributed by atoms with Crippen LogP contribution in [0.2, 0.25) is 0 Å². The topological polar surface area (TPSA) is 99.9 Å². The lowest BCUT2D eigenvalue weighted by molar-refractivity contribution is -0.394. The maximum absolute atomic E-state index is 10.3. The summed E-state index contributed by atoms with van der Waals surface area (Å²) in [6, 6.07) is -0.127. The van der Waals surface area contributed by atoms with Crippen molar-refractivity contribution in [1.29, 1.82) is 0 Å². The zero-order valence-electron chi connectivity index (χ0n) is 6.85. The zero-order chi connectivity index (χ0) is 10.0. The number of nitrogens with two attached hydrogens (primary N) is 1. The lowest BCUT2D eigenvalue weighted by Crippen LogP contribution is -2.23. The molecule has 8 heteroatoms. The largest absolute Gasteiger partial charge is 0.492 e. The maximum atomic E-state index is 10.3. The monoisotopic (exact) mass is 249 g/mol. The number of aromatic nitrogens is 3. The number of rotatable bonds is 3. The van der Waals surface area contributed by atoms with Crippen LogP contribution in [0.15, 0.2) is 4.73 Å². The van der Waals surface area contributed by atoms with Crippen molar-refractivity contribution in [2.24, 2.45) is 5.73 Å².